The zero-order valence-corrected chi connectivity index (χ0v) is 29.7. The molecule has 266 valence electrons. The van der Waals surface area contributed by atoms with Crippen LogP contribution in [-0.2, 0) is 23.2 Å². The van der Waals surface area contributed by atoms with Crippen LogP contribution in [-0.4, -0.2) is 78.6 Å². The number of aromatic nitrogens is 2. The van der Waals surface area contributed by atoms with Gasteiger partial charge in [-0.15, -0.1) is 0 Å². The van der Waals surface area contributed by atoms with Crippen molar-refractivity contribution in [2.75, 3.05) is 45.3 Å². The van der Waals surface area contributed by atoms with Gasteiger partial charge in [0.1, 0.15) is 23.2 Å². The fourth-order valence-electron chi connectivity index (χ4n) is 7.77. The number of carbonyl (C=O) groups excluding carboxylic acids is 3. The SMILES string of the molecule is COc1cc(-c2cn(C)c(=O)c(C)c2C)cc(OC)c1CN1CCC(C2CCN(c3ccc(C(=O)NC4CCC(=O)NC4=O)nc3)CC2)CC1. The fourth-order valence-corrected chi connectivity index (χ4v) is 7.77. The number of nitrogens with zero attached hydrogens (tertiary/aromatic N) is 4. The number of aryl methyl sites for hydroxylation is 1. The number of hydrogen-bond donors (Lipinski definition) is 2. The van der Waals surface area contributed by atoms with Gasteiger partial charge >= 0.3 is 0 Å². The molecule has 0 bridgehead atoms. The number of hydrogen-bond acceptors (Lipinski definition) is 9. The van der Waals surface area contributed by atoms with Crippen LogP contribution in [0.1, 0.15) is 65.7 Å². The Hall–Kier alpha value is -4.71. The molecule has 50 heavy (non-hydrogen) atoms. The Bertz CT molecular complexity index is 1780. The Balaban J connectivity index is 1.01. The summed E-state index contributed by atoms with van der Waals surface area (Å²) in [5, 5.41) is 4.94. The fraction of sp³-hybridized carbons (Fsp3) is 0.500. The van der Waals surface area contributed by atoms with Crippen molar-refractivity contribution >= 4 is 23.4 Å². The largest absolute Gasteiger partial charge is 0.496 e. The highest BCUT2D eigenvalue weighted by Crippen LogP contribution is 2.39. The Morgan fingerprint density at radius 3 is 2.14 bits per heavy atom. The van der Waals surface area contributed by atoms with Gasteiger partial charge in [-0.1, -0.05) is 0 Å². The number of carbonyl (C=O) groups is 3. The van der Waals surface area contributed by atoms with Crippen molar-refractivity contribution in [2.24, 2.45) is 18.9 Å². The van der Waals surface area contributed by atoms with Crippen LogP contribution >= 0.6 is 0 Å². The summed E-state index contributed by atoms with van der Waals surface area (Å²) in [4.78, 5) is 57.7. The third-order valence-electron chi connectivity index (χ3n) is 11.0. The van der Waals surface area contributed by atoms with Crippen molar-refractivity contribution in [1.82, 2.24) is 25.1 Å². The molecule has 6 rings (SSSR count). The zero-order chi connectivity index (χ0) is 35.5. The third kappa shape index (κ3) is 7.40. The van der Waals surface area contributed by atoms with E-state index in [4.69, 9.17) is 9.47 Å². The van der Waals surface area contributed by atoms with Gasteiger partial charge in [0, 0.05) is 50.4 Å². The molecule has 0 spiro atoms. The van der Waals surface area contributed by atoms with Gasteiger partial charge in [-0.2, -0.15) is 0 Å². The second-order valence-electron chi connectivity index (χ2n) is 13.9. The van der Waals surface area contributed by atoms with Crippen LogP contribution in [0, 0.1) is 25.7 Å². The molecule has 12 nitrogen and oxygen atoms in total. The topological polar surface area (TPSA) is 135 Å². The summed E-state index contributed by atoms with van der Waals surface area (Å²) < 4.78 is 13.4. The molecule has 1 atom stereocenters. The van der Waals surface area contributed by atoms with E-state index in [9.17, 15) is 19.2 Å². The molecule has 0 saturated carbocycles. The molecule has 5 heterocycles. The van der Waals surface area contributed by atoms with Crippen LogP contribution in [0.15, 0.2) is 41.5 Å². The molecule has 2 N–H and O–H groups in total. The smallest absolute Gasteiger partial charge is 0.270 e. The van der Waals surface area contributed by atoms with E-state index in [2.05, 4.69) is 37.6 Å². The highest BCUT2D eigenvalue weighted by Gasteiger charge is 2.31. The first-order valence-electron chi connectivity index (χ1n) is 17.6. The predicted molar refractivity (Wildman–Crippen MR) is 191 cm³/mol. The Morgan fingerprint density at radius 1 is 0.920 bits per heavy atom. The lowest BCUT2D eigenvalue weighted by Crippen LogP contribution is -2.52. The van der Waals surface area contributed by atoms with Crippen molar-refractivity contribution in [1.29, 1.82) is 0 Å². The summed E-state index contributed by atoms with van der Waals surface area (Å²) in [6.07, 6.45) is 8.67. The summed E-state index contributed by atoms with van der Waals surface area (Å²) in [5.74, 6) is 1.73. The van der Waals surface area contributed by atoms with Crippen molar-refractivity contribution in [3.05, 3.63) is 69.4 Å². The van der Waals surface area contributed by atoms with E-state index in [0.29, 0.717) is 18.3 Å². The standard InChI is InChI=1S/C38H48N6O6/c1-23-24(2)38(48)42(3)21-29(23)27-18-33(49-4)30(34(19-27)50-5)22-43-14-10-25(11-15-43)26-12-16-44(17-13-26)28-6-7-31(39-20-28)36(46)40-32-8-9-35(45)41-37(32)47/h6-7,18-21,25-26,32H,8-17,22H2,1-5H3,(H,40,46)(H,41,45,47). The van der Waals surface area contributed by atoms with E-state index in [0.717, 1.165) is 103 Å². The number of pyridine rings is 2. The number of methoxy groups -OCH3 is 2. The number of ether oxygens (including phenoxy) is 2. The molecule has 3 aliphatic heterocycles. The summed E-state index contributed by atoms with van der Waals surface area (Å²) in [7, 11) is 5.18. The first-order valence-corrected chi connectivity index (χ1v) is 17.6. The van der Waals surface area contributed by atoms with Crippen LogP contribution in [0.2, 0.25) is 0 Å². The molecule has 1 aromatic carbocycles. The first kappa shape index (κ1) is 35.1. The zero-order valence-electron chi connectivity index (χ0n) is 29.7. The van der Waals surface area contributed by atoms with Crippen LogP contribution < -0.4 is 30.6 Å². The van der Waals surface area contributed by atoms with Gasteiger partial charge in [0.2, 0.25) is 11.8 Å². The number of rotatable bonds is 9. The van der Waals surface area contributed by atoms with Gasteiger partial charge in [-0.25, -0.2) is 4.98 Å². The number of nitrogens with one attached hydrogen (secondary N) is 2. The number of anilines is 1. The Kier molecular flexibility index (Phi) is 10.6. The molecule has 1 unspecified atom stereocenters. The van der Waals surface area contributed by atoms with Gasteiger partial charge in [-0.3, -0.25) is 29.4 Å². The highest BCUT2D eigenvalue weighted by atomic mass is 16.5. The molecule has 12 heteroatoms. The van der Waals surface area contributed by atoms with Crippen molar-refractivity contribution in [2.45, 2.75) is 65.0 Å². The van der Waals surface area contributed by atoms with Crippen molar-refractivity contribution < 1.29 is 23.9 Å². The van der Waals surface area contributed by atoms with E-state index < -0.39 is 17.9 Å². The molecule has 0 radical (unpaired) electrons. The van der Waals surface area contributed by atoms with E-state index in [1.807, 2.05) is 26.1 Å². The van der Waals surface area contributed by atoms with Crippen molar-refractivity contribution in [3.63, 3.8) is 0 Å². The molecule has 2 aromatic heterocycles. The molecule has 3 aromatic rings. The van der Waals surface area contributed by atoms with Gasteiger partial charge in [0.25, 0.3) is 11.5 Å². The molecule has 0 aliphatic carbocycles. The lowest BCUT2D eigenvalue weighted by atomic mass is 9.78. The maximum Gasteiger partial charge on any atom is 0.270 e. The van der Waals surface area contributed by atoms with Crippen LogP contribution in [0.4, 0.5) is 5.69 Å². The van der Waals surface area contributed by atoms with Crippen LogP contribution in [0.25, 0.3) is 11.1 Å². The van der Waals surface area contributed by atoms with E-state index in [1.54, 1.807) is 38.1 Å². The number of likely N-dealkylation sites (tertiary alicyclic amines) is 1. The van der Waals surface area contributed by atoms with E-state index >= 15 is 0 Å². The normalized spacial score (nSPS) is 19.3. The summed E-state index contributed by atoms with van der Waals surface area (Å²) >= 11 is 0. The lowest BCUT2D eigenvalue weighted by molar-refractivity contribution is -0.134. The van der Waals surface area contributed by atoms with Crippen molar-refractivity contribution in [3.8, 4) is 22.6 Å². The second kappa shape index (κ2) is 15.0. The highest BCUT2D eigenvalue weighted by molar-refractivity contribution is 6.03. The molecule has 3 amide bonds. The van der Waals surface area contributed by atoms with Gasteiger partial charge in [-0.05, 0) is 106 Å². The number of piperidine rings is 3. The first-order chi connectivity index (χ1) is 24.1. The van der Waals surface area contributed by atoms with E-state index in [-0.39, 0.29) is 23.6 Å². The second-order valence-corrected chi connectivity index (χ2v) is 13.9. The summed E-state index contributed by atoms with van der Waals surface area (Å²) in [5.41, 5.74) is 5.94. The molecular weight excluding hydrogens is 636 g/mol. The maximum absolute atomic E-state index is 12.7. The molecular formula is C38H48N6O6. The minimum absolute atomic E-state index is 0.0106. The summed E-state index contributed by atoms with van der Waals surface area (Å²) in [6, 6.07) is 7.01. The Morgan fingerprint density at radius 2 is 1.56 bits per heavy atom. The van der Waals surface area contributed by atoms with Gasteiger partial charge in [0.15, 0.2) is 0 Å². The number of imide groups is 1. The average molecular weight is 685 g/mol. The van der Waals surface area contributed by atoms with Gasteiger partial charge in [0.05, 0.1) is 31.7 Å². The molecule has 3 saturated heterocycles. The minimum atomic E-state index is -0.724. The van der Waals surface area contributed by atoms with Crippen LogP contribution in [0.5, 0.6) is 11.5 Å². The summed E-state index contributed by atoms with van der Waals surface area (Å²) in [6.45, 7) is 8.53. The maximum atomic E-state index is 12.7. The monoisotopic (exact) mass is 684 g/mol. The average Bonchev–Trinajstić information content (AvgIpc) is 3.14. The number of benzene rings is 1. The number of amides is 3. The molecule has 3 fully saturated rings. The molecule has 3 aliphatic rings. The third-order valence-corrected chi connectivity index (χ3v) is 11.0. The quantitative estimate of drug-likeness (QED) is 0.323. The Labute approximate surface area is 293 Å². The van der Waals surface area contributed by atoms with Crippen LogP contribution in [0.3, 0.4) is 0 Å². The lowest BCUT2D eigenvalue weighted by Gasteiger charge is -2.41. The minimum Gasteiger partial charge on any atom is -0.496 e. The predicted octanol–water partition coefficient (Wildman–Crippen LogP) is 3.74. The van der Waals surface area contributed by atoms with E-state index in [1.165, 1.54) is 0 Å². The van der Waals surface area contributed by atoms with Gasteiger partial charge < -0.3 is 24.3 Å².